The fraction of sp³-hybridized carbons (Fsp3) is 0.407. The molecule has 7 N–H and O–H groups in total. The molecule has 0 spiro atoms. The Morgan fingerprint density at radius 3 is 2.45 bits per heavy atom. The maximum atomic E-state index is 13.2. The lowest BCUT2D eigenvalue weighted by atomic mass is 9.84. The summed E-state index contributed by atoms with van der Waals surface area (Å²) < 4.78 is 76.1. The molecule has 0 aliphatic carbocycles. The average Bonchev–Trinajstić information content (AvgIpc) is 3.71. The molecule has 290 valence electrons. The highest BCUT2D eigenvalue weighted by Crippen LogP contribution is 2.33. The summed E-state index contributed by atoms with van der Waals surface area (Å²) in [6.45, 7) is 3.44. The first-order valence-electron chi connectivity index (χ1n) is 14.7. The first-order chi connectivity index (χ1) is 24.5. The summed E-state index contributed by atoms with van der Waals surface area (Å²) in [5, 5.41) is 30.7. The number of hydroxylamine groups is 2. The number of aryl methyl sites for hydroxylation is 2. The van der Waals surface area contributed by atoms with Gasteiger partial charge in [-0.2, -0.15) is 36.3 Å². The van der Waals surface area contributed by atoms with E-state index >= 15 is 0 Å². The van der Waals surface area contributed by atoms with Gasteiger partial charge in [-0.15, -0.1) is 15.6 Å². The van der Waals surface area contributed by atoms with Crippen molar-refractivity contribution in [2.75, 3.05) is 18.9 Å². The lowest BCUT2D eigenvalue weighted by molar-refractivity contribution is -0.660. The van der Waals surface area contributed by atoms with E-state index in [1.54, 1.807) is 40.8 Å². The van der Waals surface area contributed by atoms with Crippen molar-refractivity contribution in [3.05, 3.63) is 41.8 Å². The number of carbonyl (C=O) groups excluding carboxylic acids is 3. The largest absolute Gasteiger partial charge is 0.542 e. The first-order valence-corrected chi connectivity index (χ1v) is 16.9. The maximum absolute atomic E-state index is 13.2. The molecule has 3 aromatic heterocycles. The number of thiazole rings is 1. The SMILES string of the molecule is C[n+]1cc(OCC(O/N=C(\C(=O)N[C@@H]2C(=O)N(OS(=O)(=O)O)C2(C)C)c2csc(N)n2)C(=O)O)ccc1-c1cnn(CCCN)c1.O=C([O-])C(F)(F)F. The molecule has 1 unspecified atom stereocenters. The van der Waals surface area contributed by atoms with Crippen LogP contribution in [0.1, 0.15) is 26.0 Å². The molecule has 3 aromatic rings. The highest BCUT2D eigenvalue weighted by atomic mass is 32.3. The van der Waals surface area contributed by atoms with Gasteiger partial charge in [0, 0.05) is 24.2 Å². The van der Waals surface area contributed by atoms with Crippen LogP contribution in [0.25, 0.3) is 11.3 Å². The zero-order valence-corrected chi connectivity index (χ0v) is 29.3. The number of halogens is 3. The summed E-state index contributed by atoms with van der Waals surface area (Å²) >= 11 is 0.956. The quantitative estimate of drug-likeness (QED) is 0.0371. The minimum absolute atomic E-state index is 0.0561. The summed E-state index contributed by atoms with van der Waals surface area (Å²) in [6, 6.07) is 2.08. The van der Waals surface area contributed by atoms with Crippen molar-refractivity contribution in [2.24, 2.45) is 17.9 Å². The van der Waals surface area contributed by atoms with Crippen LogP contribution in [0, 0.1) is 0 Å². The number of nitrogens with two attached hydrogens (primary N) is 2. The number of ether oxygens (including phenoxy) is 1. The van der Waals surface area contributed by atoms with Crippen molar-refractivity contribution in [2.45, 2.75) is 50.7 Å². The molecule has 4 heterocycles. The van der Waals surface area contributed by atoms with Crippen LogP contribution in [-0.2, 0) is 52.3 Å². The number of nitrogens with one attached hydrogen (secondary N) is 1. The summed E-state index contributed by atoms with van der Waals surface area (Å²) in [5.74, 6) is -6.17. The Hall–Kier alpha value is -5.44. The van der Waals surface area contributed by atoms with Gasteiger partial charge in [-0.05, 0) is 32.9 Å². The second-order valence-electron chi connectivity index (χ2n) is 11.2. The fourth-order valence-corrected chi connectivity index (χ4v) is 5.30. The molecule has 2 amide bonds. The molecule has 53 heavy (non-hydrogen) atoms. The monoisotopic (exact) mass is 795 g/mol. The number of anilines is 1. The number of pyridine rings is 1. The second kappa shape index (κ2) is 16.9. The lowest BCUT2D eigenvalue weighted by Crippen LogP contribution is -2.76. The molecular formula is C27H32F3N9O12S2. The molecule has 0 aromatic carbocycles. The minimum Gasteiger partial charge on any atom is -0.542 e. The van der Waals surface area contributed by atoms with Gasteiger partial charge in [-0.3, -0.25) is 18.8 Å². The van der Waals surface area contributed by atoms with Gasteiger partial charge in [0.15, 0.2) is 16.6 Å². The number of hydrogen-bond acceptors (Lipinski definition) is 16. The van der Waals surface area contributed by atoms with E-state index in [9.17, 15) is 41.1 Å². The van der Waals surface area contributed by atoms with Gasteiger partial charge in [0.25, 0.3) is 17.9 Å². The highest BCUT2D eigenvalue weighted by Gasteiger charge is 2.58. The van der Waals surface area contributed by atoms with E-state index in [1.807, 2.05) is 6.20 Å². The van der Waals surface area contributed by atoms with Crippen LogP contribution in [0.2, 0.25) is 0 Å². The zero-order valence-electron chi connectivity index (χ0n) is 27.7. The second-order valence-corrected chi connectivity index (χ2v) is 13.1. The van der Waals surface area contributed by atoms with E-state index in [2.05, 4.69) is 24.8 Å². The van der Waals surface area contributed by atoms with E-state index in [4.69, 9.17) is 35.5 Å². The maximum Gasteiger partial charge on any atom is 0.430 e. The van der Waals surface area contributed by atoms with Gasteiger partial charge in [-0.1, -0.05) is 5.16 Å². The third-order valence-corrected chi connectivity index (χ3v) is 7.92. The molecule has 26 heteroatoms. The third kappa shape index (κ3) is 11.3. The molecule has 1 aliphatic rings. The van der Waals surface area contributed by atoms with Crippen LogP contribution in [-0.4, -0.2) is 104 Å². The zero-order chi connectivity index (χ0) is 39.9. The Morgan fingerprint density at radius 1 is 1.28 bits per heavy atom. The molecule has 1 fully saturated rings. The Morgan fingerprint density at radius 2 is 1.94 bits per heavy atom. The van der Waals surface area contributed by atoms with Gasteiger partial charge in [-0.25, -0.2) is 9.78 Å². The van der Waals surface area contributed by atoms with Gasteiger partial charge < -0.3 is 41.4 Å². The van der Waals surface area contributed by atoms with Crippen LogP contribution < -0.4 is 31.2 Å². The molecule has 2 atom stereocenters. The van der Waals surface area contributed by atoms with Crippen molar-refractivity contribution >= 4 is 56.3 Å². The number of nitrogens with zero attached hydrogens (tertiary/aromatic N) is 6. The van der Waals surface area contributed by atoms with Crippen LogP contribution >= 0.6 is 11.3 Å². The average molecular weight is 796 g/mol. The number of aliphatic carboxylic acids is 2. The van der Waals surface area contributed by atoms with Crippen molar-refractivity contribution in [1.82, 2.24) is 25.1 Å². The summed E-state index contributed by atoms with van der Waals surface area (Å²) in [7, 11) is -3.24. The van der Waals surface area contributed by atoms with Crippen molar-refractivity contribution in [3.8, 4) is 17.0 Å². The Kier molecular flexibility index (Phi) is 13.4. The molecule has 0 bridgehead atoms. The van der Waals surface area contributed by atoms with Crippen molar-refractivity contribution in [3.63, 3.8) is 0 Å². The van der Waals surface area contributed by atoms with Crippen LogP contribution in [0.3, 0.4) is 0 Å². The first kappa shape index (κ1) is 42.0. The molecule has 21 nitrogen and oxygen atoms in total. The third-order valence-electron chi connectivity index (χ3n) is 6.91. The Bertz CT molecular complexity index is 1970. The number of nitrogen functional groups attached to an aromatic ring is 1. The van der Waals surface area contributed by atoms with E-state index < -0.39 is 70.3 Å². The van der Waals surface area contributed by atoms with Crippen LogP contribution in [0.5, 0.6) is 5.75 Å². The van der Waals surface area contributed by atoms with Crippen LogP contribution in [0.15, 0.2) is 41.3 Å². The van der Waals surface area contributed by atoms with Crippen molar-refractivity contribution in [1.29, 1.82) is 0 Å². The number of amides is 2. The number of carbonyl (C=O) groups is 4. The van der Waals surface area contributed by atoms with E-state index in [-0.39, 0.29) is 10.8 Å². The number of alkyl halides is 3. The number of rotatable bonds is 15. The van der Waals surface area contributed by atoms with Crippen LogP contribution in [0.4, 0.5) is 18.3 Å². The standard InChI is InChI=1S/C25H31N9O10S2.C2HF3O2/c1-25(2)20(22(36)34(25)44-46(39,40)41)30-21(35)19(16-13-45-24(27)29-16)31-43-18(23(37)38)12-42-15-5-6-17(32(3)11-15)14-9-28-33(10-14)8-4-7-26;3-2(4,5)1(6)7/h5-6,9-11,13,18,20H,4,7-8,12,26H2,1-3H3,(H4-,27,29,30,35,37,38,39,40,41);(H,6,7)/b31-19-;/t18?,20-;/m1./s1. The number of carboxylic acid groups (broad SMARTS) is 2. The smallest absolute Gasteiger partial charge is 0.430 e. The Balaban J connectivity index is 0.000000980. The molecule has 1 aliphatic heterocycles. The minimum atomic E-state index is -5.19. The Labute approximate surface area is 301 Å². The molecular weight excluding hydrogens is 763 g/mol. The van der Waals surface area contributed by atoms with E-state index in [1.165, 1.54) is 19.2 Å². The van der Waals surface area contributed by atoms with Gasteiger partial charge in [0.2, 0.25) is 11.9 Å². The molecule has 4 rings (SSSR count). The lowest BCUT2D eigenvalue weighted by Gasteiger charge is -2.50. The number of carboxylic acids is 2. The number of β-lactam (4-membered cyclic amide) rings is 1. The fourth-order valence-electron chi connectivity index (χ4n) is 4.29. The predicted octanol–water partition coefficient (Wildman–Crippen LogP) is -1.85. The summed E-state index contributed by atoms with van der Waals surface area (Å²) in [4.78, 5) is 55.6. The topological polar surface area (TPSA) is 308 Å². The summed E-state index contributed by atoms with van der Waals surface area (Å²) in [5.41, 5.74) is 10.9. The number of oxime groups is 1. The van der Waals surface area contributed by atoms with Gasteiger partial charge >= 0.3 is 22.5 Å². The molecule has 0 saturated carbocycles. The number of aromatic nitrogens is 4. The summed E-state index contributed by atoms with van der Waals surface area (Å²) in [6.07, 6.45) is -0.865. The molecule has 0 radical (unpaired) electrons. The van der Waals surface area contributed by atoms with E-state index in [0.29, 0.717) is 23.9 Å². The highest BCUT2D eigenvalue weighted by molar-refractivity contribution is 7.80. The number of hydrogen-bond donors (Lipinski definition) is 5. The van der Waals surface area contributed by atoms with Gasteiger partial charge in [0.1, 0.15) is 31.4 Å². The predicted molar refractivity (Wildman–Crippen MR) is 170 cm³/mol. The van der Waals surface area contributed by atoms with Gasteiger partial charge in [0.05, 0.1) is 17.3 Å². The van der Waals surface area contributed by atoms with Crippen molar-refractivity contribution < 1.29 is 74.0 Å². The normalized spacial score (nSPS) is 16.2. The van der Waals surface area contributed by atoms with E-state index in [0.717, 1.165) is 29.0 Å². The molecule has 1 saturated heterocycles.